The molecule has 0 bridgehead atoms. The number of nitrogens with one attached hydrogen (secondary N) is 1. The Morgan fingerprint density at radius 1 is 1.39 bits per heavy atom. The lowest BCUT2D eigenvalue weighted by Crippen LogP contribution is -2.62. The van der Waals surface area contributed by atoms with Crippen LogP contribution in [0, 0.1) is 5.92 Å². The van der Waals surface area contributed by atoms with Gasteiger partial charge in [0.1, 0.15) is 0 Å². The minimum atomic E-state index is -5.04. The third kappa shape index (κ3) is 2.74. The number of hydrogen-bond donors (Lipinski definition) is 2. The molecular weight excluding hydrogens is 253 g/mol. The lowest BCUT2D eigenvalue weighted by Gasteiger charge is -2.29. The topological polar surface area (TPSA) is 69.6 Å². The summed E-state index contributed by atoms with van der Waals surface area (Å²) in [7, 11) is 1.74. The van der Waals surface area contributed by atoms with Crippen LogP contribution in [0.15, 0.2) is 0 Å². The molecule has 0 aromatic carbocycles. The normalized spacial score (nSPS) is 24.6. The number of carbonyl (C=O) groups is 2. The molecule has 0 saturated carbocycles. The number of carboxylic acid groups (broad SMARTS) is 1. The van der Waals surface area contributed by atoms with Gasteiger partial charge in [0.05, 0.1) is 5.92 Å². The molecule has 1 amide bonds. The summed E-state index contributed by atoms with van der Waals surface area (Å²) in [6.07, 6.45) is -4.62. The highest BCUT2D eigenvalue weighted by atomic mass is 19.4. The van der Waals surface area contributed by atoms with Crippen molar-refractivity contribution < 1.29 is 27.9 Å². The fourth-order valence-electron chi connectivity index (χ4n) is 1.74. The van der Waals surface area contributed by atoms with Gasteiger partial charge in [-0.2, -0.15) is 13.2 Å². The zero-order chi connectivity index (χ0) is 14.1. The molecule has 1 aliphatic heterocycles. The maximum Gasteiger partial charge on any atom is 0.422 e. The van der Waals surface area contributed by atoms with Crippen LogP contribution >= 0.6 is 0 Å². The van der Waals surface area contributed by atoms with Crippen LogP contribution in [0.4, 0.5) is 13.2 Å². The van der Waals surface area contributed by atoms with E-state index in [2.05, 4.69) is 0 Å². The van der Waals surface area contributed by atoms with E-state index in [4.69, 9.17) is 5.11 Å². The molecule has 0 aromatic rings. The quantitative estimate of drug-likeness (QED) is 0.780. The summed E-state index contributed by atoms with van der Waals surface area (Å²) in [5.41, 5.74) is -3.24. The zero-order valence-electron chi connectivity index (χ0n) is 10.0. The standard InChI is InChI=1S/C10H15F3N2O3/c1-9(8(17)18,10(11,12)13)14-7(16)6-3-4-15(2)5-6/h6H,3-5H2,1-2H3,(H,14,16)(H,17,18). The van der Waals surface area contributed by atoms with Crippen molar-refractivity contribution in [3.8, 4) is 0 Å². The van der Waals surface area contributed by atoms with Gasteiger partial charge in [0.15, 0.2) is 0 Å². The highest BCUT2D eigenvalue weighted by Crippen LogP contribution is 2.31. The molecule has 1 heterocycles. The molecular formula is C10H15F3N2O3. The predicted octanol–water partition coefficient (Wildman–Crippen LogP) is 0.460. The molecule has 1 saturated heterocycles. The fraction of sp³-hybridized carbons (Fsp3) is 0.800. The summed E-state index contributed by atoms with van der Waals surface area (Å²) >= 11 is 0. The van der Waals surface area contributed by atoms with E-state index in [-0.39, 0.29) is 0 Å². The maximum atomic E-state index is 12.7. The number of rotatable bonds is 3. The van der Waals surface area contributed by atoms with Crippen LogP contribution in [-0.2, 0) is 9.59 Å². The summed E-state index contributed by atoms with van der Waals surface area (Å²) < 4.78 is 38.0. The molecule has 2 unspecified atom stereocenters. The number of carboxylic acids is 1. The second kappa shape index (κ2) is 4.75. The van der Waals surface area contributed by atoms with Gasteiger partial charge in [-0.05, 0) is 26.9 Å². The molecule has 5 nitrogen and oxygen atoms in total. The lowest BCUT2D eigenvalue weighted by atomic mass is 9.99. The third-order valence-corrected chi connectivity index (χ3v) is 3.13. The Bertz CT molecular complexity index is 359. The molecule has 1 fully saturated rings. The zero-order valence-corrected chi connectivity index (χ0v) is 10.0. The van der Waals surface area contributed by atoms with Crippen LogP contribution in [0.5, 0.6) is 0 Å². The van der Waals surface area contributed by atoms with Crippen molar-refractivity contribution in [2.45, 2.75) is 25.1 Å². The maximum absolute atomic E-state index is 12.7. The smallest absolute Gasteiger partial charge is 0.422 e. The fourth-order valence-corrected chi connectivity index (χ4v) is 1.74. The van der Waals surface area contributed by atoms with Gasteiger partial charge in [-0.25, -0.2) is 4.79 Å². The Morgan fingerprint density at radius 3 is 2.28 bits per heavy atom. The summed E-state index contributed by atoms with van der Waals surface area (Å²) in [6.45, 7) is 1.39. The van der Waals surface area contributed by atoms with Gasteiger partial charge in [-0.1, -0.05) is 0 Å². The van der Waals surface area contributed by atoms with E-state index in [1.807, 2.05) is 0 Å². The van der Waals surface area contributed by atoms with Gasteiger partial charge in [-0.15, -0.1) is 0 Å². The number of nitrogens with zero attached hydrogens (tertiary/aromatic N) is 1. The van der Waals surface area contributed by atoms with Crippen molar-refractivity contribution in [2.24, 2.45) is 5.92 Å². The summed E-state index contributed by atoms with van der Waals surface area (Å²) in [5, 5.41) is 10.3. The molecule has 1 rings (SSSR count). The van der Waals surface area contributed by atoms with Crippen molar-refractivity contribution in [3.63, 3.8) is 0 Å². The second-order valence-electron chi connectivity index (χ2n) is 4.67. The van der Waals surface area contributed by atoms with Crippen LogP contribution in [0.25, 0.3) is 0 Å². The highest BCUT2D eigenvalue weighted by molar-refractivity contribution is 5.88. The highest BCUT2D eigenvalue weighted by Gasteiger charge is 2.58. The SMILES string of the molecule is CN1CCC(C(=O)NC(C)(C(=O)O)C(F)(F)F)C1. The molecule has 1 aliphatic rings. The van der Waals surface area contributed by atoms with Crippen molar-refractivity contribution in [3.05, 3.63) is 0 Å². The van der Waals surface area contributed by atoms with E-state index in [1.165, 1.54) is 0 Å². The Morgan fingerprint density at radius 2 is 1.94 bits per heavy atom. The van der Waals surface area contributed by atoms with Gasteiger partial charge < -0.3 is 15.3 Å². The average molecular weight is 268 g/mol. The molecule has 2 atom stereocenters. The first-order valence-electron chi connectivity index (χ1n) is 5.38. The van der Waals surface area contributed by atoms with Crippen LogP contribution in [0.3, 0.4) is 0 Å². The first-order chi connectivity index (χ1) is 8.08. The Hall–Kier alpha value is -1.31. The van der Waals surface area contributed by atoms with E-state index in [1.54, 1.807) is 17.3 Å². The van der Waals surface area contributed by atoms with Crippen molar-refractivity contribution >= 4 is 11.9 Å². The van der Waals surface area contributed by atoms with Crippen LogP contribution < -0.4 is 5.32 Å². The van der Waals surface area contributed by atoms with Gasteiger partial charge in [0, 0.05) is 6.54 Å². The number of alkyl halides is 3. The molecule has 0 radical (unpaired) electrons. The van der Waals surface area contributed by atoms with E-state index in [0.717, 1.165) is 0 Å². The van der Waals surface area contributed by atoms with Crippen LogP contribution in [0.2, 0.25) is 0 Å². The van der Waals surface area contributed by atoms with Crippen molar-refractivity contribution in [1.29, 1.82) is 0 Å². The van der Waals surface area contributed by atoms with Crippen molar-refractivity contribution in [1.82, 2.24) is 10.2 Å². The first kappa shape index (κ1) is 14.7. The number of likely N-dealkylation sites (tertiary alicyclic amines) is 1. The van der Waals surface area contributed by atoms with Gasteiger partial charge in [-0.3, -0.25) is 4.79 Å². The van der Waals surface area contributed by atoms with Crippen LogP contribution in [-0.4, -0.2) is 53.7 Å². The third-order valence-electron chi connectivity index (χ3n) is 3.13. The van der Waals surface area contributed by atoms with E-state index in [9.17, 15) is 22.8 Å². The van der Waals surface area contributed by atoms with E-state index >= 15 is 0 Å². The number of aliphatic carboxylic acids is 1. The molecule has 8 heteroatoms. The number of hydrogen-bond acceptors (Lipinski definition) is 3. The molecule has 104 valence electrons. The van der Waals surface area contributed by atoms with E-state index < -0.39 is 29.5 Å². The van der Waals surface area contributed by atoms with Crippen LogP contribution in [0.1, 0.15) is 13.3 Å². The Labute approximate surface area is 102 Å². The molecule has 0 aromatic heterocycles. The monoisotopic (exact) mass is 268 g/mol. The van der Waals surface area contributed by atoms with Gasteiger partial charge in [0.2, 0.25) is 11.4 Å². The molecule has 0 aliphatic carbocycles. The van der Waals surface area contributed by atoms with Gasteiger partial charge in [0.25, 0.3) is 0 Å². The Balaban J connectivity index is 2.80. The molecule has 18 heavy (non-hydrogen) atoms. The minimum absolute atomic E-state index is 0.333. The largest absolute Gasteiger partial charge is 0.479 e. The summed E-state index contributed by atoms with van der Waals surface area (Å²) in [5.74, 6) is -3.59. The average Bonchev–Trinajstić information content (AvgIpc) is 2.62. The number of carbonyl (C=O) groups excluding carboxylic acids is 1. The second-order valence-corrected chi connectivity index (χ2v) is 4.67. The summed E-state index contributed by atoms with van der Waals surface area (Å²) in [6, 6.07) is 0. The predicted molar refractivity (Wildman–Crippen MR) is 55.8 cm³/mol. The minimum Gasteiger partial charge on any atom is -0.479 e. The Kier molecular flexibility index (Phi) is 3.89. The number of halogens is 3. The van der Waals surface area contributed by atoms with Crippen molar-refractivity contribution in [2.75, 3.05) is 20.1 Å². The first-order valence-corrected chi connectivity index (χ1v) is 5.38. The molecule has 0 spiro atoms. The molecule has 2 N–H and O–H groups in total. The van der Waals surface area contributed by atoms with Gasteiger partial charge >= 0.3 is 12.1 Å². The number of amides is 1. The van der Waals surface area contributed by atoms with E-state index in [0.29, 0.717) is 26.4 Å². The lowest BCUT2D eigenvalue weighted by molar-refractivity contribution is -0.207. The summed E-state index contributed by atoms with van der Waals surface area (Å²) in [4.78, 5) is 24.2.